The van der Waals surface area contributed by atoms with Crippen molar-refractivity contribution in [3.8, 4) is 5.75 Å². The molecule has 0 amide bonds. The summed E-state index contributed by atoms with van der Waals surface area (Å²) in [4.78, 5) is 2.09. The quantitative estimate of drug-likeness (QED) is 0.349. The third-order valence-corrected chi connectivity index (χ3v) is 5.16. The molecule has 28 heavy (non-hydrogen) atoms. The first-order chi connectivity index (χ1) is 13.6. The molecule has 144 valence electrons. The lowest BCUT2D eigenvalue weighted by molar-refractivity contribution is 0.00407. The highest BCUT2D eigenvalue weighted by Crippen LogP contribution is 2.29. The fraction of sp³-hybridized carbons (Fsp3) is 0.231. The van der Waals surface area contributed by atoms with Gasteiger partial charge in [0.1, 0.15) is 5.75 Å². The van der Waals surface area contributed by atoms with Crippen LogP contribution in [0.5, 0.6) is 5.75 Å². The van der Waals surface area contributed by atoms with E-state index in [1.54, 1.807) is 0 Å². The molecular formula is C26H29NO. The molecule has 0 saturated carbocycles. The average molecular weight is 372 g/mol. The van der Waals surface area contributed by atoms with Crippen LogP contribution in [0.25, 0.3) is 0 Å². The number of hydrogen-bond donors (Lipinski definition) is 0. The van der Waals surface area contributed by atoms with Crippen LogP contribution in [0.1, 0.15) is 30.4 Å². The average Bonchev–Trinajstić information content (AvgIpc) is 2.73. The van der Waals surface area contributed by atoms with Crippen molar-refractivity contribution in [2.24, 2.45) is 0 Å². The topological polar surface area (TPSA) is 12.5 Å². The first kappa shape index (κ1) is 19.9. The molecule has 0 aliphatic carbocycles. The summed E-state index contributed by atoms with van der Waals surface area (Å²) in [6.45, 7) is 2.09. The molecule has 3 rings (SSSR count). The summed E-state index contributed by atoms with van der Waals surface area (Å²) in [5.74, 6) is 1.19. The highest BCUT2D eigenvalue weighted by molar-refractivity contribution is 5.33. The number of allylic oxidation sites excluding steroid dienone is 1. The maximum Gasteiger partial charge on any atom is 0.179 e. The van der Waals surface area contributed by atoms with Gasteiger partial charge in [-0.2, -0.15) is 0 Å². The number of para-hydroxylation sites is 1. The summed E-state index contributed by atoms with van der Waals surface area (Å²) in [5, 5.41) is 0. The number of likely N-dealkylation sites (N-methyl/N-ethyl adjacent to an activating group) is 1. The molecule has 0 N–H and O–H groups in total. The van der Waals surface area contributed by atoms with E-state index < -0.39 is 5.72 Å². The van der Waals surface area contributed by atoms with Crippen LogP contribution in [-0.2, 0) is 0 Å². The van der Waals surface area contributed by atoms with Gasteiger partial charge in [-0.15, -0.1) is 0 Å². The van der Waals surface area contributed by atoms with Crippen molar-refractivity contribution in [1.29, 1.82) is 0 Å². The summed E-state index contributed by atoms with van der Waals surface area (Å²) in [5.41, 5.74) is 2.14. The summed E-state index contributed by atoms with van der Waals surface area (Å²) in [7, 11) is 4.08. The minimum absolute atomic E-state index is 0.321. The van der Waals surface area contributed by atoms with Crippen LogP contribution in [0.2, 0.25) is 0 Å². The van der Waals surface area contributed by atoms with Crippen LogP contribution in [-0.4, -0.2) is 24.7 Å². The van der Waals surface area contributed by atoms with Gasteiger partial charge in [-0.3, -0.25) is 4.90 Å². The fourth-order valence-corrected chi connectivity index (χ4v) is 3.26. The second kappa shape index (κ2) is 9.38. The standard InChI is InChI=1S/C26H29NO/c1-26(27(2)3,28-24-18-11-6-12-19-24)21-13-20-25(22-14-7-4-8-15-22)23-16-9-5-10-17-23/h4-19,21,25H,20H2,1-3H3. The van der Waals surface area contributed by atoms with Gasteiger partial charge in [0.15, 0.2) is 5.72 Å². The molecule has 0 fully saturated rings. The Morgan fingerprint density at radius 1 is 0.786 bits per heavy atom. The molecule has 3 aromatic carbocycles. The highest BCUT2D eigenvalue weighted by Gasteiger charge is 2.26. The molecule has 0 aliphatic rings. The summed E-state index contributed by atoms with van der Waals surface area (Å²) >= 11 is 0. The second-order valence-electron chi connectivity index (χ2n) is 7.38. The predicted octanol–water partition coefficient (Wildman–Crippen LogP) is 6.12. The SMILES string of the molecule is CN(C)C(C)(C=CCC(c1ccccc1)c1ccccc1)Oc1ccccc1. The fourth-order valence-electron chi connectivity index (χ4n) is 3.26. The molecule has 0 spiro atoms. The summed E-state index contributed by atoms with van der Waals surface area (Å²) in [6.07, 6.45) is 5.32. The third-order valence-electron chi connectivity index (χ3n) is 5.16. The normalized spacial score (nSPS) is 13.8. The molecule has 2 heteroatoms. The van der Waals surface area contributed by atoms with Crippen molar-refractivity contribution in [3.05, 3.63) is 114 Å². The van der Waals surface area contributed by atoms with Gasteiger partial charge in [-0.05, 0) is 56.8 Å². The molecule has 3 aromatic rings. The maximum absolute atomic E-state index is 6.30. The van der Waals surface area contributed by atoms with Gasteiger partial charge in [0.2, 0.25) is 0 Å². The summed E-state index contributed by atoms with van der Waals surface area (Å²) in [6, 6.07) is 31.4. The van der Waals surface area contributed by atoms with Gasteiger partial charge in [0.05, 0.1) is 0 Å². The molecule has 0 heterocycles. The number of hydrogen-bond acceptors (Lipinski definition) is 2. The Bertz CT molecular complexity index is 819. The van der Waals surface area contributed by atoms with E-state index in [1.807, 2.05) is 44.4 Å². The summed E-state index contributed by atoms with van der Waals surface area (Å²) < 4.78 is 6.30. The van der Waals surface area contributed by atoms with Gasteiger partial charge in [0.25, 0.3) is 0 Å². The van der Waals surface area contributed by atoms with E-state index >= 15 is 0 Å². The van der Waals surface area contributed by atoms with E-state index in [2.05, 4.69) is 84.6 Å². The van der Waals surface area contributed by atoms with E-state index in [9.17, 15) is 0 Å². The van der Waals surface area contributed by atoms with Crippen molar-refractivity contribution < 1.29 is 4.74 Å². The van der Waals surface area contributed by atoms with Gasteiger partial charge in [-0.25, -0.2) is 0 Å². The Labute approximate surface area is 169 Å². The van der Waals surface area contributed by atoms with Crippen LogP contribution in [0.3, 0.4) is 0 Å². The monoisotopic (exact) mass is 371 g/mol. The second-order valence-corrected chi connectivity index (χ2v) is 7.38. The first-order valence-electron chi connectivity index (χ1n) is 9.77. The van der Waals surface area contributed by atoms with E-state index in [-0.39, 0.29) is 0 Å². The van der Waals surface area contributed by atoms with Crippen LogP contribution in [0.15, 0.2) is 103 Å². The zero-order valence-electron chi connectivity index (χ0n) is 17.0. The Morgan fingerprint density at radius 2 is 1.25 bits per heavy atom. The maximum atomic E-state index is 6.30. The lowest BCUT2D eigenvalue weighted by atomic mass is 9.88. The molecule has 0 aliphatic heterocycles. The molecule has 0 radical (unpaired) electrons. The third kappa shape index (κ3) is 5.11. The van der Waals surface area contributed by atoms with Crippen molar-refractivity contribution in [2.75, 3.05) is 14.1 Å². The highest BCUT2D eigenvalue weighted by atomic mass is 16.5. The lowest BCUT2D eigenvalue weighted by Crippen LogP contribution is -2.44. The minimum atomic E-state index is -0.515. The van der Waals surface area contributed by atoms with Crippen molar-refractivity contribution in [3.63, 3.8) is 0 Å². The molecular weight excluding hydrogens is 342 g/mol. The predicted molar refractivity (Wildman–Crippen MR) is 118 cm³/mol. The lowest BCUT2D eigenvalue weighted by Gasteiger charge is -2.34. The first-order valence-corrected chi connectivity index (χ1v) is 9.77. The minimum Gasteiger partial charge on any atom is -0.469 e. The Hall–Kier alpha value is -2.84. The number of nitrogens with zero attached hydrogens (tertiary/aromatic N) is 1. The molecule has 0 bridgehead atoms. The molecule has 1 unspecified atom stereocenters. The number of rotatable bonds is 8. The Kier molecular flexibility index (Phi) is 6.67. The van der Waals surface area contributed by atoms with E-state index in [4.69, 9.17) is 4.74 Å². The van der Waals surface area contributed by atoms with E-state index in [1.165, 1.54) is 11.1 Å². The Morgan fingerprint density at radius 3 is 1.71 bits per heavy atom. The molecule has 1 atom stereocenters. The van der Waals surface area contributed by atoms with Crippen molar-refractivity contribution in [2.45, 2.75) is 25.0 Å². The van der Waals surface area contributed by atoms with Crippen LogP contribution < -0.4 is 4.74 Å². The number of benzene rings is 3. The van der Waals surface area contributed by atoms with Gasteiger partial charge in [-0.1, -0.05) is 84.9 Å². The van der Waals surface area contributed by atoms with E-state index in [0.717, 1.165) is 12.2 Å². The van der Waals surface area contributed by atoms with Crippen LogP contribution >= 0.6 is 0 Å². The van der Waals surface area contributed by atoms with E-state index in [0.29, 0.717) is 5.92 Å². The van der Waals surface area contributed by atoms with Gasteiger partial charge < -0.3 is 4.74 Å². The van der Waals surface area contributed by atoms with Crippen molar-refractivity contribution in [1.82, 2.24) is 4.90 Å². The van der Waals surface area contributed by atoms with Crippen molar-refractivity contribution >= 4 is 0 Å². The molecule has 0 aromatic heterocycles. The largest absolute Gasteiger partial charge is 0.469 e. The van der Waals surface area contributed by atoms with Gasteiger partial charge in [0, 0.05) is 5.92 Å². The zero-order valence-corrected chi connectivity index (χ0v) is 17.0. The Balaban J connectivity index is 1.81. The zero-order chi connectivity index (χ0) is 19.8. The van der Waals surface area contributed by atoms with Gasteiger partial charge >= 0.3 is 0 Å². The molecule has 0 saturated heterocycles. The number of ether oxygens (including phenoxy) is 1. The molecule has 2 nitrogen and oxygen atoms in total. The van der Waals surface area contributed by atoms with Crippen LogP contribution in [0, 0.1) is 0 Å². The van der Waals surface area contributed by atoms with Crippen LogP contribution in [0.4, 0.5) is 0 Å². The smallest absolute Gasteiger partial charge is 0.179 e.